The van der Waals surface area contributed by atoms with Gasteiger partial charge in [0, 0.05) is 17.4 Å². The largest absolute Gasteiger partial charge is 0.494 e. The van der Waals surface area contributed by atoms with E-state index in [0.717, 1.165) is 59.4 Å². The van der Waals surface area contributed by atoms with Crippen LogP contribution in [0.25, 0.3) is 16.7 Å². The second-order valence-electron chi connectivity index (χ2n) is 8.09. The average molecular weight is 483 g/mol. The number of aryl methyl sites for hydroxylation is 1. The molecule has 5 rings (SSSR count). The summed E-state index contributed by atoms with van der Waals surface area (Å²) < 4.78 is 45.5. The Morgan fingerprint density at radius 1 is 1.17 bits per heavy atom. The zero-order valence-corrected chi connectivity index (χ0v) is 18.6. The fourth-order valence-corrected chi connectivity index (χ4v) is 4.37. The van der Waals surface area contributed by atoms with Crippen LogP contribution in [0.3, 0.4) is 0 Å². The quantitative estimate of drug-likeness (QED) is 0.446. The lowest BCUT2D eigenvalue weighted by atomic mass is 10.2. The van der Waals surface area contributed by atoms with Gasteiger partial charge in [-0.15, -0.1) is 5.10 Å². The maximum absolute atomic E-state index is 12.7. The zero-order valence-electron chi connectivity index (χ0n) is 18.6. The molecule has 1 amide bonds. The van der Waals surface area contributed by atoms with Crippen molar-refractivity contribution in [3.63, 3.8) is 0 Å². The first-order chi connectivity index (χ1) is 16.8. The maximum atomic E-state index is 12.7. The molecule has 0 unspecified atom stereocenters. The number of nitrogens with two attached hydrogens (primary N) is 1. The Hall–Kier alpha value is -4.22. The van der Waals surface area contributed by atoms with Gasteiger partial charge in [0.05, 0.1) is 30.4 Å². The molecule has 0 spiro atoms. The lowest BCUT2D eigenvalue weighted by molar-refractivity contribution is -0.141. The van der Waals surface area contributed by atoms with Crippen molar-refractivity contribution in [2.24, 2.45) is 0 Å². The minimum Gasteiger partial charge on any atom is -0.494 e. The summed E-state index contributed by atoms with van der Waals surface area (Å²) >= 11 is 0. The van der Waals surface area contributed by atoms with Gasteiger partial charge >= 0.3 is 6.18 Å². The van der Waals surface area contributed by atoms with Crippen LogP contribution in [-0.4, -0.2) is 37.7 Å². The van der Waals surface area contributed by atoms with E-state index in [0.29, 0.717) is 17.3 Å². The number of nitrogens with zero attached hydrogens (tertiary/aromatic N) is 5. The van der Waals surface area contributed by atoms with Crippen molar-refractivity contribution < 1.29 is 22.7 Å². The molecule has 4 aromatic rings. The number of benzene rings is 1. The van der Waals surface area contributed by atoms with Crippen LogP contribution in [0.4, 0.5) is 24.7 Å². The number of carbonyl (C=O) groups is 1. The van der Waals surface area contributed by atoms with Gasteiger partial charge in [0.2, 0.25) is 5.91 Å². The van der Waals surface area contributed by atoms with E-state index in [4.69, 9.17) is 10.5 Å². The van der Waals surface area contributed by atoms with E-state index in [1.54, 1.807) is 12.1 Å². The van der Waals surface area contributed by atoms with Crippen molar-refractivity contribution in [3.05, 3.63) is 59.3 Å². The number of amides is 1. The normalized spacial score (nSPS) is 13.1. The molecule has 0 saturated carbocycles. The third-order valence-electron chi connectivity index (χ3n) is 5.89. The molecule has 0 aliphatic heterocycles. The molecule has 1 aromatic carbocycles. The summed E-state index contributed by atoms with van der Waals surface area (Å²) in [4.78, 5) is 21.1. The number of methoxy groups -OCH3 is 1. The van der Waals surface area contributed by atoms with Crippen molar-refractivity contribution in [2.45, 2.75) is 31.9 Å². The van der Waals surface area contributed by atoms with Gasteiger partial charge in [0.1, 0.15) is 17.6 Å². The Kier molecular flexibility index (Phi) is 5.50. The van der Waals surface area contributed by atoms with E-state index in [9.17, 15) is 18.0 Å². The van der Waals surface area contributed by atoms with Gasteiger partial charge in [0.15, 0.2) is 11.5 Å². The van der Waals surface area contributed by atoms with E-state index in [1.165, 1.54) is 13.4 Å². The Balaban J connectivity index is 1.42. The number of aromatic nitrogens is 5. The van der Waals surface area contributed by atoms with Gasteiger partial charge in [-0.3, -0.25) is 4.79 Å². The molecule has 9 nitrogen and oxygen atoms in total. The predicted octanol–water partition coefficient (Wildman–Crippen LogP) is 3.49. The number of hydrogen-bond acceptors (Lipinski definition) is 7. The Morgan fingerprint density at radius 2 is 2.00 bits per heavy atom. The van der Waals surface area contributed by atoms with Crippen LogP contribution in [0.15, 0.2) is 36.7 Å². The molecule has 0 atom stereocenters. The number of ether oxygens (including phenoxy) is 1. The first-order valence-corrected chi connectivity index (χ1v) is 10.8. The standard InChI is InChI=1S/C23H20F3N7O2/c1-35-17-10-13(33-16-4-2-3-14(16)20-21(33)22(27)29-11-28-20)6-7-15(17)30-19(34)9-12-5-8-18(32-31-12)23(24,25)26/h5-8,10-11H,2-4,9H2,1H3,(H,30,34)(H2,27,28,29). The molecule has 1 aliphatic carbocycles. The molecule has 0 fully saturated rings. The number of carbonyl (C=O) groups excluding carboxylic acids is 1. The Bertz CT molecular complexity index is 1430. The monoisotopic (exact) mass is 483 g/mol. The summed E-state index contributed by atoms with van der Waals surface area (Å²) in [5, 5.41) is 9.36. The van der Waals surface area contributed by atoms with Gasteiger partial charge < -0.3 is 20.4 Å². The van der Waals surface area contributed by atoms with Crippen molar-refractivity contribution in [3.8, 4) is 11.4 Å². The number of alkyl halides is 3. The molecule has 0 radical (unpaired) electrons. The molecule has 3 heterocycles. The SMILES string of the molecule is COc1cc(-n2c3c(c4ncnc(N)c42)CCC3)ccc1NC(=O)Cc1ccc(C(F)(F)F)nn1. The molecule has 3 N–H and O–H groups in total. The van der Waals surface area contributed by atoms with Gasteiger partial charge in [0.25, 0.3) is 0 Å². The number of halogens is 3. The lowest BCUT2D eigenvalue weighted by Gasteiger charge is -2.15. The summed E-state index contributed by atoms with van der Waals surface area (Å²) in [5.41, 5.74) is 10.2. The molecular weight excluding hydrogens is 463 g/mol. The first-order valence-electron chi connectivity index (χ1n) is 10.8. The minimum absolute atomic E-state index is 0.107. The number of rotatable bonds is 5. The predicted molar refractivity (Wildman–Crippen MR) is 121 cm³/mol. The van der Waals surface area contributed by atoms with Gasteiger partial charge in [-0.05, 0) is 49.1 Å². The molecule has 1 aliphatic rings. The van der Waals surface area contributed by atoms with E-state index in [-0.39, 0.29) is 12.1 Å². The van der Waals surface area contributed by atoms with Crippen LogP contribution in [0, 0.1) is 0 Å². The van der Waals surface area contributed by atoms with Crippen LogP contribution < -0.4 is 15.8 Å². The van der Waals surface area contributed by atoms with Crippen LogP contribution in [0.5, 0.6) is 5.75 Å². The molecule has 0 saturated heterocycles. The number of hydrogen-bond donors (Lipinski definition) is 2. The number of anilines is 2. The Labute approximate surface area is 197 Å². The van der Waals surface area contributed by atoms with Crippen molar-refractivity contribution in [1.29, 1.82) is 0 Å². The van der Waals surface area contributed by atoms with Gasteiger partial charge in [-0.25, -0.2) is 9.97 Å². The molecule has 0 bridgehead atoms. The van der Waals surface area contributed by atoms with Crippen LogP contribution in [0.2, 0.25) is 0 Å². The highest BCUT2D eigenvalue weighted by molar-refractivity contribution is 5.94. The second kappa shape index (κ2) is 8.53. The highest BCUT2D eigenvalue weighted by atomic mass is 19.4. The number of nitrogens with one attached hydrogen (secondary N) is 1. The summed E-state index contributed by atoms with van der Waals surface area (Å²) in [6.45, 7) is 0. The first kappa shape index (κ1) is 22.6. The minimum atomic E-state index is -4.59. The molecule has 12 heteroatoms. The third kappa shape index (κ3) is 4.11. The Morgan fingerprint density at radius 3 is 2.71 bits per heavy atom. The molecular formula is C23H20F3N7O2. The highest BCUT2D eigenvalue weighted by Gasteiger charge is 2.33. The topological polar surface area (TPSA) is 121 Å². The summed E-state index contributed by atoms with van der Waals surface area (Å²) in [6, 6.07) is 7.20. The molecule has 35 heavy (non-hydrogen) atoms. The van der Waals surface area contributed by atoms with Gasteiger partial charge in [-0.2, -0.15) is 18.3 Å². The maximum Gasteiger partial charge on any atom is 0.435 e. The van der Waals surface area contributed by atoms with Crippen LogP contribution in [-0.2, 0) is 30.2 Å². The summed E-state index contributed by atoms with van der Waals surface area (Å²) in [6.07, 6.45) is -0.582. The number of fused-ring (bicyclic) bond motifs is 3. The van der Waals surface area contributed by atoms with Crippen molar-refractivity contribution in [2.75, 3.05) is 18.2 Å². The summed E-state index contributed by atoms with van der Waals surface area (Å²) in [5.74, 6) is 0.298. The van der Waals surface area contributed by atoms with Crippen LogP contribution >= 0.6 is 0 Å². The van der Waals surface area contributed by atoms with Crippen molar-refractivity contribution in [1.82, 2.24) is 24.7 Å². The number of nitrogen functional groups attached to an aromatic ring is 1. The smallest absolute Gasteiger partial charge is 0.435 e. The fourth-order valence-electron chi connectivity index (χ4n) is 4.37. The van der Waals surface area contributed by atoms with Gasteiger partial charge in [-0.1, -0.05) is 0 Å². The van der Waals surface area contributed by atoms with Crippen molar-refractivity contribution >= 4 is 28.4 Å². The van der Waals surface area contributed by atoms with E-state index >= 15 is 0 Å². The molecule has 3 aromatic heterocycles. The highest BCUT2D eigenvalue weighted by Crippen LogP contribution is 2.38. The zero-order chi connectivity index (χ0) is 24.7. The van der Waals surface area contributed by atoms with Crippen LogP contribution in [0.1, 0.15) is 29.1 Å². The fraction of sp³-hybridized carbons (Fsp3) is 0.261. The van der Waals surface area contributed by atoms with E-state index in [2.05, 4.69) is 25.5 Å². The average Bonchev–Trinajstić information content (AvgIpc) is 3.41. The second-order valence-corrected chi connectivity index (χ2v) is 8.09. The summed E-state index contributed by atoms with van der Waals surface area (Å²) in [7, 11) is 1.48. The lowest BCUT2D eigenvalue weighted by Crippen LogP contribution is -2.17. The third-order valence-corrected chi connectivity index (χ3v) is 5.89. The van der Waals surface area contributed by atoms with E-state index in [1.807, 2.05) is 10.6 Å². The molecule has 180 valence electrons. The van der Waals surface area contributed by atoms with E-state index < -0.39 is 17.8 Å².